The molecule has 0 saturated carbocycles. The van der Waals surface area contributed by atoms with E-state index in [1.807, 2.05) is 52.8 Å². The molecule has 7 nitrogen and oxygen atoms in total. The Labute approximate surface area is 191 Å². The van der Waals surface area contributed by atoms with Crippen molar-refractivity contribution in [2.75, 3.05) is 13.6 Å². The number of aromatic nitrogens is 2. The van der Waals surface area contributed by atoms with E-state index in [9.17, 15) is 9.59 Å². The van der Waals surface area contributed by atoms with Gasteiger partial charge in [-0.2, -0.15) is 0 Å². The summed E-state index contributed by atoms with van der Waals surface area (Å²) in [7, 11) is 2.10. The van der Waals surface area contributed by atoms with Gasteiger partial charge in [-0.1, -0.05) is 51.1 Å². The summed E-state index contributed by atoms with van der Waals surface area (Å²) in [4.78, 5) is 33.0. The van der Waals surface area contributed by atoms with E-state index in [4.69, 9.17) is 4.98 Å². The molecule has 1 aromatic heterocycles. The van der Waals surface area contributed by atoms with Gasteiger partial charge in [0.05, 0.1) is 17.8 Å². The van der Waals surface area contributed by atoms with Crippen molar-refractivity contribution >= 4 is 11.8 Å². The molecule has 1 aromatic carbocycles. The highest BCUT2D eigenvalue weighted by molar-refractivity contribution is 5.89. The van der Waals surface area contributed by atoms with E-state index >= 15 is 0 Å². The van der Waals surface area contributed by atoms with E-state index < -0.39 is 11.5 Å². The summed E-state index contributed by atoms with van der Waals surface area (Å²) in [6.07, 6.45) is 1.18. The molecule has 7 heteroatoms. The SMILES string of the molecule is CC(C)NC(=O)[C@@H](NC(=O)Cc1nc(-c2ccccc2)n2c1CN(C)CCC2)C(C)(C)C. The molecule has 2 N–H and O–H groups in total. The molecule has 1 aliphatic rings. The van der Waals surface area contributed by atoms with Crippen molar-refractivity contribution in [1.29, 1.82) is 0 Å². The number of carbonyl (C=O) groups is 2. The van der Waals surface area contributed by atoms with E-state index in [1.54, 1.807) is 0 Å². The molecule has 174 valence electrons. The first kappa shape index (κ1) is 24.0. The quantitative estimate of drug-likeness (QED) is 0.725. The van der Waals surface area contributed by atoms with Crippen molar-refractivity contribution < 1.29 is 9.59 Å². The Morgan fingerprint density at radius 3 is 2.41 bits per heavy atom. The predicted molar refractivity (Wildman–Crippen MR) is 127 cm³/mol. The first-order valence-corrected chi connectivity index (χ1v) is 11.5. The minimum absolute atomic E-state index is 0.0112. The lowest BCUT2D eigenvalue weighted by atomic mass is 9.86. The molecular formula is C25H37N5O2. The zero-order valence-corrected chi connectivity index (χ0v) is 20.2. The third kappa shape index (κ3) is 5.76. The Morgan fingerprint density at radius 2 is 1.78 bits per heavy atom. The van der Waals surface area contributed by atoms with E-state index in [1.165, 1.54) is 0 Å². The maximum Gasteiger partial charge on any atom is 0.243 e. The van der Waals surface area contributed by atoms with Gasteiger partial charge >= 0.3 is 0 Å². The Balaban J connectivity index is 1.88. The molecule has 2 heterocycles. The lowest BCUT2D eigenvalue weighted by Crippen LogP contribution is -2.55. The van der Waals surface area contributed by atoms with Crippen molar-refractivity contribution in [1.82, 2.24) is 25.1 Å². The van der Waals surface area contributed by atoms with Crippen LogP contribution in [0.4, 0.5) is 0 Å². The monoisotopic (exact) mass is 439 g/mol. The third-order valence-corrected chi connectivity index (χ3v) is 5.72. The van der Waals surface area contributed by atoms with Crippen LogP contribution in [0.15, 0.2) is 30.3 Å². The molecule has 0 fully saturated rings. The standard InChI is InChI=1S/C25H37N5O2/c1-17(2)26-24(32)22(25(3,4)5)28-21(31)15-19-20-16-29(6)13-10-14-30(20)23(27-19)18-11-8-7-9-12-18/h7-9,11-12,17,22H,10,13-16H2,1-6H3,(H,26,32)(H,28,31)/t22-/m1/s1. The molecule has 0 radical (unpaired) electrons. The lowest BCUT2D eigenvalue weighted by molar-refractivity contribution is -0.131. The average molecular weight is 440 g/mol. The molecule has 0 unspecified atom stereocenters. The summed E-state index contributed by atoms with van der Waals surface area (Å²) in [6.45, 7) is 12.3. The molecule has 2 amide bonds. The van der Waals surface area contributed by atoms with Crippen LogP contribution >= 0.6 is 0 Å². The molecule has 0 spiro atoms. The van der Waals surface area contributed by atoms with Crippen LogP contribution in [0.5, 0.6) is 0 Å². The number of fused-ring (bicyclic) bond motifs is 1. The fourth-order valence-corrected chi connectivity index (χ4v) is 4.14. The fraction of sp³-hybridized carbons (Fsp3) is 0.560. The first-order valence-electron chi connectivity index (χ1n) is 11.5. The number of nitrogens with zero attached hydrogens (tertiary/aromatic N) is 3. The van der Waals surface area contributed by atoms with Crippen LogP contribution in [-0.2, 0) is 29.1 Å². The van der Waals surface area contributed by atoms with Gasteiger partial charge in [-0.15, -0.1) is 0 Å². The maximum absolute atomic E-state index is 13.1. The molecular weight excluding hydrogens is 402 g/mol. The van der Waals surface area contributed by atoms with Crippen molar-refractivity contribution in [3.8, 4) is 11.4 Å². The molecule has 32 heavy (non-hydrogen) atoms. The highest BCUT2D eigenvalue weighted by atomic mass is 16.2. The fourth-order valence-electron chi connectivity index (χ4n) is 4.14. The Morgan fingerprint density at radius 1 is 1.09 bits per heavy atom. The summed E-state index contributed by atoms with van der Waals surface area (Å²) in [5, 5.41) is 5.91. The van der Waals surface area contributed by atoms with Gasteiger partial charge < -0.3 is 20.1 Å². The van der Waals surface area contributed by atoms with E-state index in [-0.39, 0.29) is 24.3 Å². The highest BCUT2D eigenvalue weighted by Gasteiger charge is 2.33. The predicted octanol–water partition coefficient (Wildman–Crippen LogP) is 2.98. The summed E-state index contributed by atoms with van der Waals surface area (Å²) in [5.74, 6) is 0.564. The molecule has 0 bridgehead atoms. The molecule has 2 aromatic rings. The van der Waals surface area contributed by atoms with Crippen LogP contribution in [0.1, 0.15) is 52.4 Å². The van der Waals surface area contributed by atoms with Crippen LogP contribution in [0.25, 0.3) is 11.4 Å². The van der Waals surface area contributed by atoms with E-state index in [0.717, 1.165) is 48.8 Å². The Kier molecular flexibility index (Phi) is 7.39. The number of amides is 2. The maximum atomic E-state index is 13.1. The Hall–Kier alpha value is -2.67. The second kappa shape index (κ2) is 9.86. The molecule has 1 atom stereocenters. The normalized spacial score (nSPS) is 15.7. The molecule has 0 aliphatic carbocycles. The minimum Gasteiger partial charge on any atom is -0.352 e. The van der Waals surface area contributed by atoms with Gasteiger partial charge in [0.25, 0.3) is 0 Å². The van der Waals surface area contributed by atoms with Crippen LogP contribution in [-0.4, -0.2) is 51.9 Å². The zero-order chi connectivity index (χ0) is 23.5. The number of imidazole rings is 1. The minimum atomic E-state index is -0.616. The van der Waals surface area contributed by atoms with Crippen LogP contribution in [0.2, 0.25) is 0 Å². The van der Waals surface area contributed by atoms with Gasteiger partial charge in [0, 0.05) is 24.7 Å². The smallest absolute Gasteiger partial charge is 0.243 e. The topological polar surface area (TPSA) is 79.3 Å². The molecule has 0 saturated heterocycles. The molecule has 3 rings (SSSR count). The number of nitrogens with one attached hydrogen (secondary N) is 2. The Bertz CT molecular complexity index is 943. The second-order valence-corrected chi connectivity index (χ2v) is 10.1. The van der Waals surface area contributed by atoms with Crippen LogP contribution in [0.3, 0.4) is 0 Å². The third-order valence-electron chi connectivity index (χ3n) is 5.72. The zero-order valence-electron chi connectivity index (χ0n) is 20.2. The van der Waals surface area contributed by atoms with Crippen molar-refractivity contribution in [2.45, 2.75) is 72.6 Å². The average Bonchev–Trinajstić information content (AvgIpc) is 2.89. The van der Waals surface area contributed by atoms with Crippen molar-refractivity contribution in [2.24, 2.45) is 5.41 Å². The van der Waals surface area contributed by atoms with Crippen molar-refractivity contribution in [3.05, 3.63) is 41.7 Å². The summed E-state index contributed by atoms with van der Waals surface area (Å²) in [5.41, 5.74) is 2.51. The van der Waals surface area contributed by atoms with Gasteiger partial charge in [0.1, 0.15) is 11.9 Å². The summed E-state index contributed by atoms with van der Waals surface area (Å²) in [6, 6.07) is 9.51. The number of rotatable bonds is 6. The largest absolute Gasteiger partial charge is 0.352 e. The van der Waals surface area contributed by atoms with Gasteiger partial charge in [0.2, 0.25) is 11.8 Å². The van der Waals surface area contributed by atoms with E-state index in [2.05, 4.69) is 39.3 Å². The van der Waals surface area contributed by atoms with Crippen LogP contribution < -0.4 is 10.6 Å². The number of hydrogen-bond donors (Lipinski definition) is 2. The van der Waals surface area contributed by atoms with Crippen molar-refractivity contribution in [3.63, 3.8) is 0 Å². The lowest BCUT2D eigenvalue weighted by Gasteiger charge is -2.31. The summed E-state index contributed by atoms with van der Waals surface area (Å²) >= 11 is 0. The number of hydrogen-bond acceptors (Lipinski definition) is 4. The number of benzene rings is 1. The van der Waals surface area contributed by atoms with Gasteiger partial charge in [-0.05, 0) is 39.3 Å². The highest BCUT2D eigenvalue weighted by Crippen LogP contribution is 2.26. The number of carbonyl (C=O) groups excluding carboxylic acids is 2. The first-order chi connectivity index (χ1) is 15.1. The van der Waals surface area contributed by atoms with E-state index in [0.29, 0.717) is 0 Å². The van der Waals surface area contributed by atoms with Gasteiger partial charge in [-0.3, -0.25) is 9.59 Å². The summed E-state index contributed by atoms with van der Waals surface area (Å²) < 4.78 is 2.26. The van der Waals surface area contributed by atoms with Gasteiger partial charge in [0.15, 0.2) is 0 Å². The van der Waals surface area contributed by atoms with Crippen LogP contribution in [0, 0.1) is 5.41 Å². The molecule has 1 aliphatic heterocycles. The second-order valence-electron chi connectivity index (χ2n) is 10.1. The van der Waals surface area contributed by atoms with Gasteiger partial charge in [-0.25, -0.2) is 4.98 Å².